The first-order valence-electron chi connectivity index (χ1n) is 12.7. The van der Waals surface area contributed by atoms with E-state index in [9.17, 15) is 14.4 Å². The van der Waals surface area contributed by atoms with Crippen molar-refractivity contribution in [1.29, 1.82) is 0 Å². The van der Waals surface area contributed by atoms with Gasteiger partial charge in [0.1, 0.15) is 5.56 Å². The van der Waals surface area contributed by atoms with Crippen LogP contribution in [-0.4, -0.2) is 27.1 Å². The molecule has 200 valence electrons. The first kappa shape index (κ1) is 26.4. The van der Waals surface area contributed by atoms with Crippen LogP contribution < -0.4 is 21.3 Å². The van der Waals surface area contributed by atoms with Crippen molar-refractivity contribution in [2.24, 2.45) is 14.1 Å². The molecule has 2 aromatic heterocycles. The fourth-order valence-electron chi connectivity index (χ4n) is 5.28. The van der Waals surface area contributed by atoms with Crippen LogP contribution in [0.3, 0.4) is 0 Å². The van der Waals surface area contributed by atoms with Gasteiger partial charge in [-0.05, 0) is 54.5 Å². The number of carbonyl (C=O) groups is 1. The number of hydrogen-bond acceptors (Lipinski definition) is 5. The van der Waals surface area contributed by atoms with Gasteiger partial charge < -0.3 is 14.6 Å². The SMILES string of the molecule is COc1nc(-c2cccc(-c3cccc(NC(=O)c4cn(C)c(=O)n(C)c4=O)c3C)c2Cl)cc2c1[C@@H](C)CC2. The summed E-state index contributed by atoms with van der Waals surface area (Å²) in [6.07, 6.45) is 3.28. The van der Waals surface area contributed by atoms with Gasteiger partial charge in [0.15, 0.2) is 0 Å². The van der Waals surface area contributed by atoms with Crippen molar-refractivity contribution in [3.8, 4) is 28.3 Å². The Labute approximate surface area is 230 Å². The Bertz CT molecular complexity index is 1760. The standard InChI is InChI=1S/C30H29ClN4O4/c1-16-12-13-18-14-24(33-28(39-5)25(16)18)21-10-6-9-20(26(21)31)19-8-7-11-23(17(19)2)32-27(36)22-15-34(3)30(38)35(4)29(22)37/h6-11,14-16H,12-13H2,1-5H3,(H,32,36)/t16-/m0/s1. The molecule has 1 aliphatic carbocycles. The van der Waals surface area contributed by atoms with Gasteiger partial charge in [-0.2, -0.15) is 0 Å². The highest BCUT2D eigenvalue weighted by atomic mass is 35.5. The number of benzene rings is 2. The lowest BCUT2D eigenvalue weighted by Crippen LogP contribution is -2.40. The summed E-state index contributed by atoms with van der Waals surface area (Å²) in [6, 6.07) is 13.4. The van der Waals surface area contributed by atoms with Crippen molar-refractivity contribution in [3.63, 3.8) is 0 Å². The number of rotatable bonds is 5. The Hall–Kier alpha value is -4.17. The molecule has 1 N–H and O–H groups in total. The highest BCUT2D eigenvalue weighted by molar-refractivity contribution is 6.36. The average Bonchev–Trinajstić information content (AvgIpc) is 3.31. The quantitative estimate of drug-likeness (QED) is 0.378. The molecule has 8 nitrogen and oxygen atoms in total. The summed E-state index contributed by atoms with van der Waals surface area (Å²) in [5.74, 6) is 0.439. The van der Waals surface area contributed by atoms with Crippen molar-refractivity contribution in [1.82, 2.24) is 14.1 Å². The number of hydrogen-bond donors (Lipinski definition) is 1. The van der Waals surface area contributed by atoms with Crippen LogP contribution in [0.5, 0.6) is 5.88 Å². The predicted molar refractivity (Wildman–Crippen MR) is 153 cm³/mol. The molecule has 0 bridgehead atoms. The van der Waals surface area contributed by atoms with Crippen molar-refractivity contribution in [3.05, 3.63) is 96.8 Å². The van der Waals surface area contributed by atoms with E-state index in [0.717, 1.165) is 45.4 Å². The van der Waals surface area contributed by atoms with Crippen LogP contribution in [0.15, 0.2) is 58.3 Å². The second-order valence-corrected chi connectivity index (χ2v) is 10.3. The van der Waals surface area contributed by atoms with E-state index in [1.165, 1.54) is 36.0 Å². The number of anilines is 1. The van der Waals surface area contributed by atoms with Crippen LogP contribution in [0.25, 0.3) is 22.4 Å². The second kappa shape index (κ2) is 10.2. The molecule has 1 atom stereocenters. The fourth-order valence-corrected chi connectivity index (χ4v) is 5.60. The molecule has 1 aliphatic rings. The molecule has 9 heteroatoms. The summed E-state index contributed by atoms with van der Waals surface area (Å²) in [5.41, 5.74) is 5.57. The van der Waals surface area contributed by atoms with Gasteiger partial charge >= 0.3 is 5.69 Å². The number of carbonyl (C=O) groups excluding carboxylic acids is 1. The van der Waals surface area contributed by atoms with Crippen LogP contribution >= 0.6 is 11.6 Å². The Morgan fingerprint density at radius 1 is 1.10 bits per heavy atom. The van der Waals surface area contributed by atoms with Gasteiger partial charge in [0.05, 0.1) is 17.8 Å². The number of aromatic nitrogens is 3. The molecule has 0 radical (unpaired) electrons. The van der Waals surface area contributed by atoms with Crippen LogP contribution in [0.4, 0.5) is 5.69 Å². The number of pyridine rings is 1. The number of halogens is 1. The topological polar surface area (TPSA) is 95.2 Å². The Morgan fingerprint density at radius 3 is 2.54 bits per heavy atom. The summed E-state index contributed by atoms with van der Waals surface area (Å²) < 4.78 is 7.76. The van der Waals surface area contributed by atoms with E-state index in [2.05, 4.69) is 18.3 Å². The first-order valence-corrected chi connectivity index (χ1v) is 13.0. The fraction of sp³-hybridized carbons (Fsp3) is 0.267. The number of ether oxygens (including phenoxy) is 1. The van der Waals surface area contributed by atoms with E-state index >= 15 is 0 Å². The van der Waals surface area contributed by atoms with Gasteiger partial charge in [0.2, 0.25) is 5.88 Å². The molecule has 4 aromatic rings. The molecular formula is C30H29ClN4O4. The van der Waals surface area contributed by atoms with Gasteiger partial charge in [-0.25, -0.2) is 9.78 Å². The van der Waals surface area contributed by atoms with Crippen molar-refractivity contribution >= 4 is 23.2 Å². The lowest BCUT2D eigenvalue weighted by molar-refractivity contribution is 0.102. The van der Waals surface area contributed by atoms with Gasteiger partial charge in [0.25, 0.3) is 11.5 Å². The molecule has 39 heavy (non-hydrogen) atoms. The molecule has 0 saturated carbocycles. The normalized spacial score (nSPS) is 14.3. The van der Waals surface area contributed by atoms with Crippen molar-refractivity contribution < 1.29 is 9.53 Å². The van der Waals surface area contributed by atoms with Gasteiger partial charge in [-0.3, -0.25) is 14.2 Å². The molecule has 0 fully saturated rings. The zero-order valence-corrected chi connectivity index (χ0v) is 23.2. The number of methoxy groups -OCH3 is 1. The minimum absolute atomic E-state index is 0.129. The third kappa shape index (κ3) is 4.55. The average molecular weight is 545 g/mol. The minimum Gasteiger partial charge on any atom is -0.481 e. The van der Waals surface area contributed by atoms with Crippen LogP contribution in [-0.2, 0) is 20.5 Å². The molecule has 1 amide bonds. The number of amides is 1. The molecular weight excluding hydrogens is 516 g/mol. The largest absolute Gasteiger partial charge is 0.481 e. The lowest BCUT2D eigenvalue weighted by atomic mass is 9.95. The van der Waals surface area contributed by atoms with E-state index in [-0.39, 0.29) is 5.56 Å². The first-order chi connectivity index (χ1) is 18.6. The smallest absolute Gasteiger partial charge is 0.330 e. The maximum absolute atomic E-state index is 13.0. The number of fused-ring (bicyclic) bond motifs is 1. The highest BCUT2D eigenvalue weighted by Crippen LogP contribution is 2.43. The van der Waals surface area contributed by atoms with Gasteiger partial charge in [-0.15, -0.1) is 0 Å². The van der Waals surface area contributed by atoms with E-state index < -0.39 is 17.2 Å². The molecule has 2 aromatic carbocycles. The summed E-state index contributed by atoms with van der Waals surface area (Å²) >= 11 is 7.00. The van der Waals surface area contributed by atoms with Crippen LogP contribution in [0.1, 0.15) is 46.3 Å². The number of aryl methyl sites for hydroxylation is 2. The molecule has 0 spiro atoms. The Morgan fingerprint density at radius 2 is 1.79 bits per heavy atom. The van der Waals surface area contributed by atoms with E-state index in [4.69, 9.17) is 21.3 Å². The van der Waals surface area contributed by atoms with E-state index in [0.29, 0.717) is 22.5 Å². The van der Waals surface area contributed by atoms with Crippen LogP contribution in [0.2, 0.25) is 5.02 Å². The zero-order chi connectivity index (χ0) is 28.0. The second-order valence-electron chi connectivity index (χ2n) is 9.93. The van der Waals surface area contributed by atoms with Gasteiger partial charge in [-0.1, -0.05) is 48.9 Å². The predicted octanol–water partition coefficient (Wildman–Crippen LogP) is 5.09. The van der Waals surface area contributed by atoms with Crippen molar-refractivity contribution in [2.45, 2.75) is 32.6 Å². The number of nitrogens with one attached hydrogen (secondary N) is 1. The Kier molecular flexibility index (Phi) is 6.91. The van der Waals surface area contributed by atoms with E-state index in [1.54, 1.807) is 13.2 Å². The summed E-state index contributed by atoms with van der Waals surface area (Å²) in [4.78, 5) is 42.4. The van der Waals surface area contributed by atoms with Crippen LogP contribution in [0, 0.1) is 6.92 Å². The highest BCUT2D eigenvalue weighted by Gasteiger charge is 2.26. The minimum atomic E-state index is -0.660. The summed E-state index contributed by atoms with van der Waals surface area (Å²) in [7, 11) is 4.48. The van der Waals surface area contributed by atoms with Gasteiger partial charge in [0, 0.05) is 42.7 Å². The third-order valence-electron chi connectivity index (χ3n) is 7.48. The van der Waals surface area contributed by atoms with Crippen molar-refractivity contribution in [2.75, 3.05) is 12.4 Å². The monoisotopic (exact) mass is 544 g/mol. The zero-order valence-electron chi connectivity index (χ0n) is 22.5. The number of nitrogens with zero attached hydrogens (tertiary/aromatic N) is 3. The summed E-state index contributed by atoms with van der Waals surface area (Å²) in [5, 5.41) is 3.36. The summed E-state index contributed by atoms with van der Waals surface area (Å²) in [6.45, 7) is 4.07. The molecule has 5 rings (SSSR count). The Balaban J connectivity index is 1.54. The third-order valence-corrected chi connectivity index (χ3v) is 7.89. The van der Waals surface area contributed by atoms with E-state index in [1.807, 2.05) is 37.3 Å². The molecule has 2 heterocycles. The molecule has 0 unspecified atom stereocenters. The maximum atomic E-state index is 13.0. The molecule has 0 saturated heterocycles. The maximum Gasteiger partial charge on any atom is 0.330 e. The molecule has 0 aliphatic heterocycles. The lowest BCUT2D eigenvalue weighted by Gasteiger charge is -2.17.